The van der Waals surface area contributed by atoms with E-state index in [-0.39, 0.29) is 24.7 Å². The van der Waals surface area contributed by atoms with E-state index in [9.17, 15) is 4.79 Å². The lowest BCUT2D eigenvalue weighted by Crippen LogP contribution is -2.14. The van der Waals surface area contributed by atoms with Crippen molar-refractivity contribution < 1.29 is 4.79 Å². The maximum atomic E-state index is 11.0. The van der Waals surface area contributed by atoms with Gasteiger partial charge in [0.05, 0.1) is 6.54 Å². The summed E-state index contributed by atoms with van der Waals surface area (Å²) < 4.78 is 0. The van der Waals surface area contributed by atoms with Crippen molar-refractivity contribution in [1.82, 2.24) is 4.98 Å². The van der Waals surface area contributed by atoms with Crippen LogP contribution < -0.4 is 5.73 Å². The molecule has 1 aromatic rings. The van der Waals surface area contributed by atoms with Gasteiger partial charge in [-0.2, -0.15) is 0 Å². The molecule has 4 heteroatoms. The molecule has 0 spiro atoms. The highest BCUT2D eigenvalue weighted by molar-refractivity contribution is 5.95. The molecule has 0 aliphatic rings. The van der Waals surface area contributed by atoms with E-state index in [4.69, 9.17) is 5.73 Å². The molecule has 0 saturated heterocycles. The van der Waals surface area contributed by atoms with Crippen LogP contribution in [-0.4, -0.2) is 17.3 Å². The Bertz CT molecular complexity index is 276. The smallest absolute Gasteiger partial charge is 0.194 e. The maximum absolute atomic E-state index is 11.0. The number of pyridine rings is 1. The fourth-order valence-electron chi connectivity index (χ4n) is 0.793. The van der Waals surface area contributed by atoms with Gasteiger partial charge in [0.2, 0.25) is 0 Å². The first-order valence-electron chi connectivity index (χ1n) is 3.40. The van der Waals surface area contributed by atoms with Crippen LogP contribution >= 0.6 is 12.4 Å². The van der Waals surface area contributed by atoms with E-state index >= 15 is 0 Å². The molecule has 0 bridgehead atoms. The Hall–Kier alpha value is -0.930. The van der Waals surface area contributed by atoms with E-state index in [2.05, 4.69) is 4.98 Å². The average Bonchev–Trinajstić information content (AvgIpc) is 2.03. The van der Waals surface area contributed by atoms with Crippen LogP contribution in [0.3, 0.4) is 0 Å². The molecule has 66 valence electrons. The Morgan fingerprint density at radius 2 is 2.33 bits per heavy atom. The fourth-order valence-corrected chi connectivity index (χ4v) is 0.793. The van der Waals surface area contributed by atoms with Crippen LogP contribution in [-0.2, 0) is 0 Å². The minimum Gasteiger partial charge on any atom is -0.324 e. The third-order valence-electron chi connectivity index (χ3n) is 1.39. The number of Topliss-reactive ketones (excluding diaryl/α,β-unsaturated/α-hetero) is 1. The Balaban J connectivity index is 0.00000121. The Morgan fingerprint density at radius 1 is 1.67 bits per heavy atom. The number of nitrogens with two attached hydrogens (primary N) is 1. The van der Waals surface area contributed by atoms with Gasteiger partial charge in [0, 0.05) is 6.20 Å². The van der Waals surface area contributed by atoms with Crippen molar-refractivity contribution in [3.8, 4) is 0 Å². The summed E-state index contributed by atoms with van der Waals surface area (Å²) in [5.74, 6) is -0.117. The molecule has 0 unspecified atom stereocenters. The van der Waals surface area contributed by atoms with Gasteiger partial charge in [0.1, 0.15) is 5.69 Å². The summed E-state index contributed by atoms with van der Waals surface area (Å²) in [5.41, 5.74) is 6.64. The second kappa shape index (κ2) is 4.85. The quantitative estimate of drug-likeness (QED) is 0.700. The number of halogens is 1. The largest absolute Gasteiger partial charge is 0.324 e. The predicted octanol–water partition coefficient (Wildman–Crippen LogP) is 0.953. The molecule has 3 nitrogen and oxygen atoms in total. The first-order chi connectivity index (χ1) is 5.24. The zero-order valence-corrected chi connectivity index (χ0v) is 7.60. The molecule has 0 atom stereocenters. The minimum atomic E-state index is -0.117. The average molecular weight is 187 g/mol. The zero-order chi connectivity index (χ0) is 8.27. The Morgan fingerprint density at radius 3 is 2.83 bits per heavy atom. The van der Waals surface area contributed by atoms with E-state index in [0.717, 1.165) is 5.56 Å². The molecule has 0 radical (unpaired) electrons. The molecule has 0 aliphatic carbocycles. The highest BCUT2D eigenvalue weighted by atomic mass is 35.5. The highest BCUT2D eigenvalue weighted by Crippen LogP contribution is 1.99. The Labute approximate surface area is 77.4 Å². The molecule has 0 amide bonds. The van der Waals surface area contributed by atoms with Crippen molar-refractivity contribution >= 4 is 18.2 Å². The van der Waals surface area contributed by atoms with Gasteiger partial charge < -0.3 is 5.73 Å². The molecule has 0 saturated carbocycles. The summed E-state index contributed by atoms with van der Waals surface area (Å²) in [4.78, 5) is 14.9. The van der Waals surface area contributed by atoms with Gasteiger partial charge >= 0.3 is 0 Å². The van der Waals surface area contributed by atoms with E-state index < -0.39 is 0 Å². The van der Waals surface area contributed by atoms with Crippen molar-refractivity contribution in [2.24, 2.45) is 5.73 Å². The molecular formula is C8H11ClN2O. The highest BCUT2D eigenvalue weighted by Gasteiger charge is 2.02. The first-order valence-corrected chi connectivity index (χ1v) is 3.40. The van der Waals surface area contributed by atoms with E-state index in [1.807, 2.05) is 13.0 Å². The molecule has 2 N–H and O–H groups in total. The molecule has 0 aromatic carbocycles. The summed E-state index contributed by atoms with van der Waals surface area (Å²) in [6, 6.07) is 3.57. The number of ketones is 1. The van der Waals surface area contributed by atoms with Crippen molar-refractivity contribution in [3.63, 3.8) is 0 Å². The number of carbonyl (C=O) groups is 1. The number of aryl methyl sites for hydroxylation is 1. The molecule has 12 heavy (non-hydrogen) atoms. The van der Waals surface area contributed by atoms with E-state index in [1.54, 1.807) is 12.3 Å². The second-order valence-corrected chi connectivity index (χ2v) is 2.35. The van der Waals surface area contributed by atoms with Crippen LogP contribution in [0.5, 0.6) is 0 Å². The number of carbonyl (C=O) groups excluding carboxylic acids is 1. The number of hydrogen-bond acceptors (Lipinski definition) is 3. The van der Waals surface area contributed by atoms with Crippen LogP contribution in [0.4, 0.5) is 0 Å². The van der Waals surface area contributed by atoms with Crippen molar-refractivity contribution in [2.75, 3.05) is 6.54 Å². The van der Waals surface area contributed by atoms with Crippen LogP contribution in [0, 0.1) is 6.92 Å². The molecular weight excluding hydrogens is 176 g/mol. The van der Waals surface area contributed by atoms with Crippen molar-refractivity contribution in [1.29, 1.82) is 0 Å². The number of rotatable bonds is 2. The fraction of sp³-hybridized carbons (Fsp3) is 0.250. The van der Waals surface area contributed by atoms with Gasteiger partial charge in [-0.3, -0.25) is 9.78 Å². The lowest BCUT2D eigenvalue weighted by atomic mass is 10.2. The third-order valence-corrected chi connectivity index (χ3v) is 1.39. The standard InChI is InChI=1S/C8H10N2O.ClH/c1-6-2-3-10-7(4-6)8(11)5-9;/h2-4H,5,9H2,1H3;1H. The van der Waals surface area contributed by atoms with Crippen molar-refractivity contribution in [3.05, 3.63) is 29.6 Å². The zero-order valence-electron chi connectivity index (χ0n) is 6.78. The van der Waals surface area contributed by atoms with Crippen LogP contribution in [0.15, 0.2) is 18.3 Å². The second-order valence-electron chi connectivity index (χ2n) is 2.35. The van der Waals surface area contributed by atoms with Gasteiger partial charge in [-0.25, -0.2) is 0 Å². The minimum absolute atomic E-state index is 0. The first kappa shape index (κ1) is 11.1. The van der Waals surface area contributed by atoms with Gasteiger partial charge in [-0.1, -0.05) is 0 Å². The SMILES string of the molecule is Cc1ccnc(C(=O)CN)c1.Cl. The monoisotopic (exact) mass is 186 g/mol. The number of hydrogen-bond donors (Lipinski definition) is 1. The molecule has 1 rings (SSSR count). The third kappa shape index (κ3) is 2.60. The molecule has 1 heterocycles. The molecule has 0 fully saturated rings. The number of nitrogens with zero attached hydrogens (tertiary/aromatic N) is 1. The molecule has 0 aliphatic heterocycles. The summed E-state index contributed by atoms with van der Waals surface area (Å²) in [5, 5.41) is 0. The number of aromatic nitrogens is 1. The predicted molar refractivity (Wildman–Crippen MR) is 49.6 cm³/mol. The van der Waals surface area contributed by atoms with Gasteiger partial charge in [-0.05, 0) is 24.6 Å². The van der Waals surface area contributed by atoms with Gasteiger partial charge in [-0.15, -0.1) is 12.4 Å². The summed E-state index contributed by atoms with van der Waals surface area (Å²) >= 11 is 0. The van der Waals surface area contributed by atoms with Crippen LogP contribution in [0.2, 0.25) is 0 Å². The molecule has 1 aromatic heterocycles. The Kier molecular flexibility index (Phi) is 4.47. The van der Waals surface area contributed by atoms with Crippen molar-refractivity contribution in [2.45, 2.75) is 6.92 Å². The summed E-state index contributed by atoms with van der Waals surface area (Å²) in [6.45, 7) is 1.94. The van der Waals surface area contributed by atoms with Crippen LogP contribution in [0.25, 0.3) is 0 Å². The summed E-state index contributed by atoms with van der Waals surface area (Å²) in [6.07, 6.45) is 1.61. The van der Waals surface area contributed by atoms with E-state index in [0.29, 0.717) is 5.69 Å². The lowest BCUT2D eigenvalue weighted by molar-refractivity contribution is 0.0996. The normalized spacial score (nSPS) is 8.83. The topological polar surface area (TPSA) is 56.0 Å². The maximum Gasteiger partial charge on any atom is 0.194 e. The van der Waals surface area contributed by atoms with Gasteiger partial charge in [0.25, 0.3) is 0 Å². The van der Waals surface area contributed by atoms with E-state index in [1.165, 1.54) is 0 Å². The van der Waals surface area contributed by atoms with Gasteiger partial charge in [0.15, 0.2) is 5.78 Å². The van der Waals surface area contributed by atoms with Crippen LogP contribution in [0.1, 0.15) is 16.1 Å². The summed E-state index contributed by atoms with van der Waals surface area (Å²) in [7, 11) is 0. The lowest BCUT2D eigenvalue weighted by Gasteiger charge is -1.96.